The maximum Gasteiger partial charge on any atom is 0.283 e. The third-order valence-corrected chi connectivity index (χ3v) is 6.87. The molecule has 4 atom stereocenters. The Labute approximate surface area is 209 Å². The van der Waals surface area contributed by atoms with Gasteiger partial charge in [-0.25, -0.2) is 23.7 Å². The Morgan fingerprint density at radius 2 is 2.11 bits per heavy atom. The van der Waals surface area contributed by atoms with Gasteiger partial charge in [0, 0.05) is 12.0 Å². The molecule has 2 aliphatic rings. The third-order valence-electron chi connectivity index (χ3n) is 6.87. The van der Waals surface area contributed by atoms with Crippen molar-refractivity contribution < 1.29 is 27.8 Å². The second-order valence-corrected chi connectivity index (χ2v) is 9.88. The number of carbonyl (C=O) groups excluding carboxylic acids is 1. The molecule has 0 radical (unpaired) electrons. The second-order valence-electron chi connectivity index (χ2n) is 9.88. The van der Waals surface area contributed by atoms with Crippen molar-refractivity contribution in [1.29, 1.82) is 0 Å². The number of amidine groups is 1. The average Bonchev–Trinajstić information content (AvgIpc) is 3.24. The lowest BCUT2D eigenvalue weighted by Gasteiger charge is -2.41. The van der Waals surface area contributed by atoms with E-state index in [4.69, 9.17) is 15.2 Å². The Morgan fingerprint density at radius 1 is 1.31 bits per heavy atom. The second kappa shape index (κ2) is 10.9. The molecule has 0 spiro atoms. The lowest BCUT2D eigenvalue weighted by atomic mass is 9.73. The monoisotopic (exact) mass is 502 g/mol. The summed E-state index contributed by atoms with van der Waals surface area (Å²) in [6.45, 7) is 5.53. The van der Waals surface area contributed by atoms with Crippen molar-refractivity contribution in [2.24, 2.45) is 22.6 Å². The van der Waals surface area contributed by atoms with E-state index >= 15 is 4.39 Å². The number of hydrogen-bond donors (Lipinski definition) is 1. The summed E-state index contributed by atoms with van der Waals surface area (Å²) in [5.74, 6) is -0.427. The van der Waals surface area contributed by atoms with E-state index < -0.39 is 18.2 Å². The van der Waals surface area contributed by atoms with Crippen molar-refractivity contribution >= 4 is 11.8 Å². The van der Waals surface area contributed by atoms with Crippen LogP contribution in [0.2, 0.25) is 0 Å². The number of ether oxygens (including phenoxy) is 3. The Bertz CT molecular complexity index is 1110. The molecule has 1 aromatic carbocycles. The van der Waals surface area contributed by atoms with Crippen LogP contribution in [0, 0.1) is 17.7 Å². The first-order valence-electron chi connectivity index (χ1n) is 12.2. The molecule has 0 amide bonds. The highest BCUT2D eigenvalue weighted by Gasteiger charge is 2.54. The minimum absolute atomic E-state index is 0.00285. The van der Waals surface area contributed by atoms with E-state index in [0.717, 1.165) is 19.3 Å². The van der Waals surface area contributed by atoms with Gasteiger partial charge in [0.15, 0.2) is 5.78 Å². The van der Waals surface area contributed by atoms with Crippen LogP contribution in [0.5, 0.6) is 5.88 Å². The molecule has 36 heavy (non-hydrogen) atoms. The summed E-state index contributed by atoms with van der Waals surface area (Å²) in [5.41, 5.74) is 6.02. The number of Topliss-reactive ketones (excluding diaryl/α,β-unsaturated/α-hetero) is 1. The standard InChI is InChI=1S/C26H32F2N4O4/c1-15(2)5-4-6-21-24-22(13-34-21)36-25(29)32-26(24,3)17-9-16(7-8-18(17)28)10-20(33)19-11-31-23(12-30-19)35-14-27/h7-9,11-12,15,21-22,24H,4-6,10,13-14H2,1-3H3,(H2,29,32)/t21-,22+,24-,26+/m0/s1. The van der Waals surface area contributed by atoms with Crippen LogP contribution >= 0.6 is 0 Å². The number of carbonyl (C=O) groups is 1. The summed E-state index contributed by atoms with van der Waals surface area (Å²) >= 11 is 0. The number of halogens is 2. The smallest absolute Gasteiger partial charge is 0.283 e. The number of aromatic nitrogens is 2. The number of fused-ring (bicyclic) bond motifs is 1. The summed E-state index contributed by atoms with van der Waals surface area (Å²) in [6, 6.07) is 4.55. The highest BCUT2D eigenvalue weighted by Crippen LogP contribution is 2.47. The van der Waals surface area contributed by atoms with E-state index in [1.165, 1.54) is 18.5 Å². The fourth-order valence-corrected chi connectivity index (χ4v) is 5.15. The predicted molar refractivity (Wildman–Crippen MR) is 129 cm³/mol. The molecule has 1 aromatic heterocycles. The Balaban J connectivity index is 1.59. The van der Waals surface area contributed by atoms with Gasteiger partial charge in [-0.05, 0) is 37.0 Å². The molecule has 2 aromatic rings. The van der Waals surface area contributed by atoms with Crippen molar-refractivity contribution in [2.45, 2.75) is 64.2 Å². The minimum Gasteiger partial charge on any atom is -0.459 e. The van der Waals surface area contributed by atoms with Crippen LogP contribution < -0.4 is 10.5 Å². The minimum atomic E-state index is -1.04. The van der Waals surface area contributed by atoms with Gasteiger partial charge in [-0.15, -0.1) is 0 Å². The topological polar surface area (TPSA) is 109 Å². The van der Waals surface area contributed by atoms with Crippen LogP contribution in [0.4, 0.5) is 8.78 Å². The average molecular weight is 503 g/mol. The normalized spacial score (nSPS) is 25.3. The highest BCUT2D eigenvalue weighted by atomic mass is 19.1. The van der Waals surface area contributed by atoms with Crippen LogP contribution in [-0.2, 0) is 21.4 Å². The molecule has 1 fully saturated rings. The van der Waals surface area contributed by atoms with E-state index in [1.807, 2.05) is 6.92 Å². The maximum absolute atomic E-state index is 15.3. The summed E-state index contributed by atoms with van der Waals surface area (Å²) in [4.78, 5) is 25.2. The lowest BCUT2D eigenvalue weighted by molar-refractivity contribution is 0.0489. The molecule has 10 heteroatoms. The van der Waals surface area contributed by atoms with Gasteiger partial charge in [0.1, 0.15) is 23.2 Å². The Kier molecular flexibility index (Phi) is 7.82. The number of benzene rings is 1. The Morgan fingerprint density at radius 3 is 2.81 bits per heavy atom. The van der Waals surface area contributed by atoms with Gasteiger partial charge >= 0.3 is 0 Å². The summed E-state index contributed by atoms with van der Waals surface area (Å²) < 4.78 is 44.1. The van der Waals surface area contributed by atoms with Gasteiger partial charge in [0.2, 0.25) is 12.7 Å². The third kappa shape index (κ3) is 5.48. The van der Waals surface area contributed by atoms with Gasteiger partial charge in [0.05, 0.1) is 31.0 Å². The zero-order valence-corrected chi connectivity index (χ0v) is 20.7. The van der Waals surface area contributed by atoms with Crippen molar-refractivity contribution in [3.05, 3.63) is 53.2 Å². The fraction of sp³-hybridized carbons (Fsp3) is 0.538. The van der Waals surface area contributed by atoms with Crippen LogP contribution in [0.25, 0.3) is 0 Å². The maximum atomic E-state index is 15.3. The van der Waals surface area contributed by atoms with E-state index in [2.05, 4.69) is 33.5 Å². The van der Waals surface area contributed by atoms with Crippen molar-refractivity contribution in [3.8, 4) is 5.88 Å². The number of nitrogens with two attached hydrogens (primary N) is 1. The molecular weight excluding hydrogens is 470 g/mol. The molecule has 2 N–H and O–H groups in total. The molecule has 8 nitrogen and oxygen atoms in total. The zero-order valence-electron chi connectivity index (χ0n) is 20.7. The lowest BCUT2D eigenvalue weighted by Crippen LogP contribution is -2.49. The van der Waals surface area contributed by atoms with Gasteiger partial charge in [0.25, 0.3) is 6.02 Å². The fourth-order valence-electron chi connectivity index (χ4n) is 5.15. The van der Waals surface area contributed by atoms with E-state index in [9.17, 15) is 9.18 Å². The van der Waals surface area contributed by atoms with E-state index in [-0.39, 0.29) is 47.9 Å². The largest absolute Gasteiger partial charge is 0.459 e. The first kappa shape index (κ1) is 25.9. The SMILES string of the molecule is CC(C)CCC[C@@H]1OC[C@H]2OC(N)=N[C@](C)(c3cc(CC(=O)c4cnc(OCF)cn4)ccc3F)[C@@H]12. The molecule has 3 heterocycles. The first-order valence-corrected chi connectivity index (χ1v) is 12.2. The quantitative estimate of drug-likeness (QED) is 0.487. The zero-order chi connectivity index (χ0) is 25.9. The van der Waals surface area contributed by atoms with Crippen molar-refractivity contribution in [3.63, 3.8) is 0 Å². The van der Waals surface area contributed by atoms with Crippen LogP contribution in [0.3, 0.4) is 0 Å². The van der Waals surface area contributed by atoms with E-state index in [0.29, 0.717) is 23.7 Å². The molecule has 4 rings (SSSR count). The van der Waals surface area contributed by atoms with Gasteiger partial charge in [-0.3, -0.25) is 4.79 Å². The molecule has 194 valence electrons. The van der Waals surface area contributed by atoms with Gasteiger partial charge in [-0.1, -0.05) is 32.8 Å². The summed E-state index contributed by atoms with van der Waals surface area (Å²) in [6.07, 6.45) is 4.76. The van der Waals surface area contributed by atoms with Crippen LogP contribution in [0.15, 0.2) is 35.6 Å². The molecule has 2 aliphatic heterocycles. The van der Waals surface area contributed by atoms with Gasteiger partial charge in [-0.2, -0.15) is 0 Å². The van der Waals surface area contributed by atoms with Crippen LogP contribution in [0.1, 0.15) is 61.6 Å². The van der Waals surface area contributed by atoms with Crippen LogP contribution in [-0.4, -0.2) is 47.4 Å². The number of hydrogen-bond acceptors (Lipinski definition) is 8. The molecule has 0 bridgehead atoms. The molecule has 0 unspecified atom stereocenters. The number of rotatable bonds is 10. The first-order chi connectivity index (χ1) is 17.2. The van der Waals surface area contributed by atoms with Crippen molar-refractivity contribution in [1.82, 2.24) is 9.97 Å². The molecule has 0 aliphatic carbocycles. The summed E-state index contributed by atoms with van der Waals surface area (Å²) in [7, 11) is 0. The predicted octanol–water partition coefficient (Wildman–Crippen LogP) is 4.12. The molecule has 0 saturated carbocycles. The number of nitrogens with zero attached hydrogens (tertiary/aromatic N) is 3. The Hall–Kier alpha value is -3.14. The van der Waals surface area contributed by atoms with Gasteiger partial charge < -0.3 is 19.9 Å². The number of alkyl halides is 1. The summed E-state index contributed by atoms with van der Waals surface area (Å²) in [5, 5.41) is 0. The van der Waals surface area contributed by atoms with E-state index in [1.54, 1.807) is 12.1 Å². The highest BCUT2D eigenvalue weighted by molar-refractivity contribution is 5.95. The van der Waals surface area contributed by atoms with Crippen molar-refractivity contribution in [2.75, 3.05) is 13.5 Å². The molecule has 1 saturated heterocycles. The number of ketones is 1. The number of aliphatic imine (C=N–C) groups is 1. The molecular formula is C26H32F2N4O4.